The molecule has 1 heterocycles. The Labute approximate surface area is 121 Å². The third kappa shape index (κ3) is 3.02. The fourth-order valence-electron chi connectivity index (χ4n) is 2.90. The second-order valence-corrected chi connectivity index (χ2v) is 5.58. The Morgan fingerprint density at radius 2 is 1.80 bits per heavy atom. The quantitative estimate of drug-likeness (QED) is 0.913. The van der Waals surface area contributed by atoms with E-state index in [0.717, 1.165) is 13.1 Å². The number of anilines is 1. The molecular formula is C18H22N2. The van der Waals surface area contributed by atoms with Gasteiger partial charge in [0, 0.05) is 32.4 Å². The molecule has 0 amide bonds. The SMILES string of the molecule is CN1CCCc2cc(CNCc3ccccc3)ccc21. The summed E-state index contributed by atoms with van der Waals surface area (Å²) < 4.78 is 0. The lowest BCUT2D eigenvalue weighted by Crippen LogP contribution is -2.24. The van der Waals surface area contributed by atoms with Crippen LogP contribution in [0.3, 0.4) is 0 Å². The Morgan fingerprint density at radius 3 is 2.65 bits per heavy atom. The summed E-state index contributed by atoms with van der Waals surface area (Å²) >= 11 is 0. The number of nitrogens with one attached hydrogen (secondary N) is 1. The maximum atomic E-state index is 3.52. The summed E-state index contributed by atoms with van der Waals surface area (Å²) in [4.78, 5) is 2.36. The Hall–Kier alpha value is -1.80. The van der Waals surface area contributed by atoms with Crippen molar-refractivity contribution in [2.75, 3.05) is 18.5 Å². The van der Waals surface area contributed by atoms with Crippen molar-refractivity contribution in [1.82, 2.24) is 5.32 Å². The van der Waals surface area contributed by atoms with Crippen LogP contribution >= 0.6 is 0 Å². The molecular weight excluding hydrogens is 244 g/mol. The monoisotopic (exact) mass is 266 g/mol. The number of hydrogen-bond acceptors (Lipinski definition) is 2. The summed E-state index contributed by atoms with van der Waals surface area (Å²) in [6.45, 7) is 3.04. The maximum absolute atomic E-state index is 3.52. The van der Waals surface area contributed by atoms with Crippen molar-refractivity contribution in [2.45, 2.75) is 25.9 Å². The van der Waals surface area contributed by atoms with E-state index in [0.29, 0.717) is 0 Å². The third-order valence-corrected chi connectivity index (χ3v) is 4.00. The topological polar surface area (TPSA) is 15.3 Å². The third-order valence-electron chi connectivity index (χ3n) is 4.00. The molecule has 0 saturated heterocycles. The molecule has 0 aliphatic carbocycles. The van der Waals surface area contributed by atoms with Crippen LogP contribution in [-0.2, 0) is 19.5 Å². The van der Waals surface area contributed by atoms with Crippen LogP contribution in [0.1, 0.15) is 23.1 Å². The molecule has 1 aliphatic heterocycles. The molecule has 0 fully saturated rings. The lowest BCUT2D eigenvalue weighted by molar-refractivity contribution is 0.689. The van der Waals surface area contributed by atoms with E-state index < -0.39 is 0 Å². The van der Waals surface area contributed by atoms with E-state index >= 15 is 0 Å². The summed E-state index contributed by atoms with van der Waals surface area (Å²) in [5, 5.41) is 3.52. The first-order valence-electron chi connectivity index (χ1n) is 7.40. The molecule has 2 heteroatoms. The van der Waals surface area contributed by atoms with Crippen molar-refractivity contribution in [1.29, 1.82) is 0 Å². The summed E-state index contributed by atoms with van der Waals surface area (Å²) in [6, 6.07) is 17.4. The standard InChI is InChI=1S/C18H22N2/c1-20-11-5-8-17-12-16(9-10-18(17)20)14-19-13-15-6-3-2-4-7-15/h2-4,6-7,9-10,12,19H,5,8,11,13-14H2,1H3. The lowest BCUT2D eigenvalue weighted by Gasteiger charge is -2.27. The number of fused-ring (bicyclic) bond motifs is 1. The second kappa shape index (κ2) is 6.10. The summed E-state index contributed by atoms with van der Waals surface area (Å²) in [5.41, 5.74) is 5.63. The van der Waals surface area contributed by atoms with Crippen LogP contribution in [0.15, 0.2) is 48.5 Å². The first-order chi connectivity index (χ1) is 9.83. The summed E-state index contributed by atoms with van der Waals surface area (Å²) in [5.74, 6) is 0. The molecule has 0 atom stereocenters. The molecule has 0 bridgehead atoms. The molecule has 20 heavy (non-hydrogen) atoms. The molecule has 0 radical (unpaired) electrons. The molecule has 0 aromatic heterocycles. The van der Waals surface area contributed by atoms with Gasteiger partial charge in [0.2, 0.25) is 0 Å². The lowest BCUT2D eigenvalue weighted by atomic mass is 9.99. The first kappa shape index (κ1) is 13.2. The van der Waals surface area contributed by atoms with Gasteiger partial charge < -0.3 is 10.2 Å². The smallest absolute Gasteiger partial charge is 0.0396 e. The van der Waals surface area contributed by atoms with Crippen LogP contribution in [0.25, 0.3) is 0 Å². The normalized spacial score (nSPS) is 14.2. The van der Waals surface area contributed by atoms with Crippen LogP contribution in [0.4, 0.5) is 5.69 Å². The highest BCUT2D eigenvalue weighted by molar-refractivity contribution is 5.56. The highest BCUT2D eigenvalue weighted by atomic mass is 15.1. The van der Waals surface area contributed by atoms with E-state index in [4.69, 9.17) is 0 Å². The zero-order valence-electron chi connectivity index (χ0n) is 12.1. The van der Waals surface area contributed by atoms with Crippen molar-refractivity contribution in [3.63, 3.8) is 0 Å². The summed E-state index contributed by atoms with van der Waals surface area (Å²) in [6.07, 6.45) is 2.48. The van der Waals surface area contributed by atoms with Gasteiger partial charge in [0.25, 0.3) is 0 Å². The van der Waals surface area contributed by atoms with Crippen LogP contribution in [0, 0.1) is 0 Å². The minimum absolute atomic E-state index is 0.928. The van der Waals surface area contributed by atoms with Crippen molar-refractivity contribution in [3.8, 4) is 0 Å². The predicted octanol–water partition coefficient (Wildman–Crippen LogP) is 3.36. The van der Waals surface area contributed by atoms with Gasteiger partial charge in [0.15, 0.2) is 0 Å². The molecule has 2 aromatic carbocycles. The average Bonchev–Trinajstić information content (AvgIpc) is 2.48. The maximum Gasteiger partial charge on any atom is 0.0396 e. The fraction of sp³-hybridized carbons (Fsp3) is 0.333. The van der Waals surface area contributed by atoms with Gasteiger partial charge in [-0.05, 0) is 35.6 Å². The van der Waals surface area contributed by atoms with Crippen molar-refractivity contribution < 1.29 is 0 Å². The van der Waals surface area contributed by atoms with E-state index in [1.807, 2.05) is 0 Å². The Balaban J connectivity index is 1.61. The van der Waals surface area contributed by atoms with E-state index in [1.54, 1.807) is 0 Å². The molecule has 2 nitrogen and oxygen atoms in total. The molecule has 0 unspecified atom stereocenters. The van der Waals surface area contributed by atoms with Gasteiger partial charge in [-0.25, -0.2) is 0 Å². The van der Waals surface area contributed by atoms with E-state index in [9.17, 15) is 0 Å². The van der Waals surface area contributed by atoms with Gasteiger partial charge in [0.05, 0.1) is 0 Å². The first-order valence-corrected chi connectivity index (χ1v) is 7.40. The minimum atomic E-state index is 0.928. The predicted molar refractivity (Wildman–Crippen MR) is 85.0 cm³/mol. The van der Waals surface area contributed by atoms with E-state index in [-0.39, 0.29) is 0 Å². The number of hydrogen-bond donors (Lipinski definition) is 1. The highest BCUT2D eigenvalue weighted by Crippen LogP contribution is 2.26. The Kier molecular flexibility index (Phi) is 4.03. The van der Waals surface area contributed by atoms with Crippen molar-refractivity contribution in [3.05, 3.63) is 65.2 Å². The van der Waals surface area contributed by atoms with Gasteiger partial charge in [-0.15, -0.1) is 0 Å². The molecule has 0 spiro atoms. The molecule has 2 aromatic rings. The second-order valence-electron chi connectivity index (χ2n) is 5.58. The average molecular weight is 266 g/mol. The van der Waals surface area contributed by atoms with Crippen LogP contribution < -0.4 is 10.2 Å². The Bertz CT molecular complexity index is 563. The Morgan fingerprint density at radius 1 is 1.00 bits per heavy atom. The number of aryl methyl sites for hydroxylation is 1. The fourth-order valence-corrected chi connectivity index (χ4v) is 2.90. The van der Waals surface area contributed by atoms with E-state index in [2.05, 4.69) is 65.8 Å². The van der Waals surface area contributed by atoms with Gasteiger partial charge in [-0.3, -0.25) is 0 Å². The van der Waals surface area contributed by atoms with Crippen LogP contribution in [-0.4, -0.2) is 13.6 Å². The van der Waals surface area contributed by atoms with Gasteiger partial charge in [-0.2, -0.15) is 0 Å². The van der Waals surface area contributed by atoms with Gasteiger partial charge in [-0.1, -0.05) is 42.5 Å². The zero-order chi connectivity index (χ0) is 13.8. The number of rotatable bonds is 4. The van der Waals surface area contributed by atoms with E-state index in [1.165, 1.54) is 41.8 Å². The molecule has 3 rings (SSSR count). The van der Waals surface area contributed by atoms with Crippen LogP contribution in [0.2, 0.25) is 0 Å². The van der Waals surface area contributed by atoms with Crippen LogP contribution in [0.5, 0.6) is 0 Å². The van der Waals surface area contributed by atoms with Gasteiger partial charge in [0.1, 0.15) is 0 Å². The van der Waals surface area contributed by atoms with Crippen molar-refractivity contribution in [2.24, 2.45) is 0 Å². The molecule has 104 valence electrons. The molecule has 1 N–H and O–H groups in total. The number of benzene rings is 2. The number of nitrogens with zero attached hydrogens (tertiary/aromatic N) is 1. The molecule has 1 aliphatic rings. The zero-order valence-corrected chi connectivity index (χ0v) is 12.1. The summed E-state index contributed by atoms with van der Waals surface area (Å²) in [7, 11) is 2.19. The molecule has 0 saturated carbocycles. The van der Waals surface area contributed by atoms with Crippen molar-refractivity contribution >= 4 is 5.69 Å². The highest BCUT2D eigenvalue weighted by Gasteiger charge is 2.13. The minimum Gasteiger partial charge on any atom is -0.374 e. The largest absolute Gasteiger partial charge is 0.374 e. The van der Waals surface area contributed by atoms with Gasteiger partial charge >= 0.3 is 0 Å².